The van der Waals surface area contributed by atoms with E-state index < -0.39 is 0 Å². The van der Waals surface area contributed by atoms with Crippen molar-refractivity contribution in [3.05, 3.63) is 5.32 Å². The molecule has 0 aromatic rings. The Bertz CT molecular complexity index is 255. The van der Waals surface area contributed by atoms with E-state index in [9.17, 15) is 9.59 Å². The largest absolute Gasteiger partial charge is 0.662 e. The van der Waals surface area contributed by atoms with Gasteiger partial charge in [-0.15, -0.1) is 13.1 Å². The first-order valence-electron chi connectivity index (χ1n) is 5.06. The molecule has 0 aliphatic carbocycles. The molecule has 1 radical (unpaired) electrons. The van der Waals surface area contributed by atoms with Crippen molar-refractivity contribution >= 4 is 11.8 Å². The van der Waals surface area contributed by atoms with E-state index in [0.29, 0.717) is 12.8 Å². The molecule has 15 heavy (non-hydrogen) atoms. The number of piperidine rings is 2. The first-order chi connectivity index (χ1) is 6.63. The van der Waals surface area contributed by atoms with Gasteiger partial charge in [-0.3, -0.25) is 14.5 Å². The molecule has 2 saturated heterocycles. The molecular weight excluding hydrogens is 319 g/mol. The number of nitrogens with zero attached hydrogens (tertiary/aromatic N) is 2. The normalized spacial score (nSPS) is 25.3. The standard InChI is InChI=1S/C10H15N2O2.La/c1-12-8(13)6-10(7-9(12)14)2-4-11-5-3-10;/h2-7H2,1H3;/q-1;. The number of carbonyl (C=O) groups excluding carboxylic acids is 2. The number of imide groups is 1. The Morgan fingerprint density at radius 3 is 2.07 bits per heavy atom. The third-order valence-electron chi connectivity index (χ3n) is 3.40. The smallest absolute Gasteiger partial charge is 0.229 e. The summed E-state index contributed by atoms with van der Waals surface area (Å²) in [4.78, 5) is 24.4. The molecule has 0 aromatic carbocycles. The summed E-state index contributed by atoms with van der Waals surface area (Å²) in [7, 11) is 1.57. The molecule has 1 spiro atoms. The van der Waals surface area contributed by atoms with Crippen molar-refractivity contribution in [3.8, 4) is 0 Å². The van der Waals surface area contributed by atoms with Gasteiger partial charge in [0.2, 0.25) is 11.8 Å². The van der Waals surface area contributed by atoms with Crippen LogP contribution in [0.25, 0.3) is 5.32 Å². The summed E-state index contributed by atoms with van der Waals surface area (Å²) >= 11 is 0. The molecule has 5 heteroatoms. The van der Waals surface area contributed by atoms with Gasteiger partial charge in [-0.05, 0) is 5.41 Å². The molecule has 2 heterocycles. The molecule has 2 aliphatic heterocycles. The van der Waals surface area contributed by atoms with Crippen LogP contribution < -0.4 is 0 Å². The molecule has 0 atom stereocenters. The second kappa shape index (κ2) is 5.08. The van der Waals surface area contributed by atoms with Crippen LogP contribution in [0.3, 0.4) is 0 Å². The molecule has 0 bridgehead atoms. The summed E-state index contributed by atoms with van der Waals surface area (Å²) in [5.74, 6) is -0.0497. The summed E-state index contributed by atoms with van der Waals surface area (Å²) in [6, 6.07) is 0. The number of amides is 2. The fraction of sp³-hybridized carbons (Fsp3) is 0.800. The molecule has 2 aliphatic rings. The Labute approximate surface area is 118 Å². The molecule has 0 saturated carbocycles. The number of likely N-dealkylation sites (tertiary alicyclic amines) is 1. The number of hydrogen-bond donors (Lipinski definition) is 0. The van der Waals surface area contributed by atoms with Gasteiger partial charge in [-0.25, -0.2) is 0 Å². The van der Waals surface area contributed by atoms with Gasteiger partial charge in [-0.2, -0.15) is 0 Å². The summed E-state index contributed by atoms with van der Waals surface area (Å²) in [5.41, 5.74) is -0.0531. The topological polar surface area (TPSA) is 51.5 Å². The Balaban J connectivity index is 0.00000112. The molecule has 0 unspecified atom stereocenters. The van der Waals surface area contributed by atoms with Crippen LogP contribution in [-0.4, -0.2) is 36.9 Å². The average molecular weight is 334 g/mol. The Hall–Kier alpha value is 0.295. The Morgan fingerprint density at radius 1 is 1.13 bits per heavy atom. The van der Waals surface area contributed by atoms with E-state index in [1.807, 2.05) is 0 Å². The van der Waals surface area contributed by atoms with Gasteiger partial charge in [0.25, 0.3) is 0 Å². The molecule has 2 amide bonds. The van der Waals surface area contributed by atoms with Gasteiger partial charge in [0.15, 0.2) is 0 Å². The van der Waals surface area contributed by atoms with Crippen molar-refractivity contribution in [1.82, 2.24) is 4.90 Å². The first kappa shape index (κ1) is 13.4. The van der Waals surface area contributed by atoms with Gasteiger partial charge < -0.3 is 5.32 Å². The minimum atomic E-state index is -0.0531. The van der Waals surface area contributed by atoms with E-state index in [0.717, 1.165) is 25.9 Å². The van der Waals surface area contributed by atoms with Crippen LogP contribution >= 0.6 is 0 Å². The van der Waals surface area contributed by atoms with E-state index in [4.69, 9.17) is 0 Å². The van der Waals surface area contributed by atoms with Crippen LogP contribution in [0.1, 0.15) is 25.7 Å². The monoisotopic (exact) mass is 334 g/mol. The molecule has 0 aromatic heterocycles. The van der Waals surface area contributed by atoms with E-state index in [1.54, 1.807) is 7.05 Å². The quantitative estimate of drug-likeness (QED) is 0.619. The molecule has 81 valence electrons. The van der Waals surface area contributed by atoms with Gasteiger partial charge >= 0.3 is 0 Å². The number of carbonyl (C=O) groups is 2. The van der Waals surface area contributed by atoms with Crippen LogP contribution in [0.4, 0.5) is 0 Å². The van der Waals surface area contributed by atoms with Crippen molar-refractivity contribution < 1.29 is 45.2 Å². The van der Waals surface area contributed by atoms with Gasteiger partial charge in [0.1, 0.15) is 0 Å². The van der Waals surface area contributed by atoms with E-state index in [2.05, 4.69) is 5.32 Å². The maximum Gasteiger partial charge on any atom is 0.229 e. The molecule has 4 nitrogen and oxygen atoms in total. The second-order valence-corrected chi connectivity index (χ2v) is 4.37. The van der Waals surface area contributed by atoms with Crippen molar-refractivity contribution in [2.75, 3.05) is 20.1 Å². The average Bonchev–Trinajstić information content (AvgIpc) is 2.15. The van der Waals surface area contributed by atoms with Crippen LogP contribution in [0.2, 0.25) is 0 Å². The molecule has 2 rings (SSSR count). The third kappa shape index (κ3) is 2.70. The summed E-state index contributed by atoms with van der Waals surface area (Å²) in [6.07, 6.45) is 2.87. The minimum absolute atomic E-state index is 0. The van der Waals surface area contributed by atoms with Crippen LogP contribution in [0.15, 0.2) is 0 Å². The van der Waals surface area contributed by atoms with E-state index in [1.165, 1.54) is 4.90 Å². The summed E-state index contributed by atoms with van der Waals surface area (Å²) < 4.78 is 0. The predicted molar refractivity (Wildman–Crippen MR) is 51.8 cm³/mol. The van der Waals surface area contributed by atoms with Gasteiger partial charge in [0.05, 0.1) is 0 Å². The summed E-state index contributed by atoms with van der Waals surface area (Å²) in [6.45, 7) is 1.62. The molecular formula is C10H15LaN2O2-. The fourth-order valence-corrected chi connectivity index (χ4v) is 2.30. The van der Waals surface area contributed by atoms with Crippen molar-refractivity contribution in [2.24, 2.45) is 5.41 Å². The third-order valence-corrected chi connectivity index (χ3v) is 3.40. The van der Waals surface area contributed by atoms with Gasteiger partial charge in [-0.1, -0.05) is 12.8 Å². The Kier molecular flexibility index (Phi) is 4.53. The molecule has 0 N–H and O–H groups in total. The van der Waals surface area contributed by atoms with Crippen LogP contribution in [0.5, 0.6) is 0 Å². The van der Waals surface area contributed by atoms with Crippen LogP contribution in [-0.2, 0) is 9.59 Å². The van der Waals surface area contributed by atoms with Crippen molar-refractivity contribution in [3.63, 3.8) is 0 Å². The van der Waals surface area contributed by atoms with Crippen molar-refractivity contribution in [1.29, 1.82) is 0 Å². The van der Waals surface area contributed by atoms with Gasteiger partial charge in [0, 0.05) is 55.5 Å². The fourth-order valence-electron chi connectivity index (χ4n) is 2.30. The van der Waals surface area contributed by atoms with Crippen molar-refractivity contribution in [2.45, 2.75) is 25.7 Å². The number of rotatable bonds is 0. The van der Waals surface area contributed by atoms with E-state index >= 15 is 0 Å². The van der Waals surface area contributed by atoms with E-state index in [-0.39, 0.29) is 52.8 Å². The maximum absolute atomic E-state index is 11.6. The number of hydrogen-bond acceptors (Lipinski definition) is 2. The summed E-state index contributed by atoms with van der Waals surface area (Å²) in [5, 5.41) is 4.26. The maximum atomic E-state index is 11.6. The van der Waals surface area contributed by atoms with Crippen LogP contribution in [0, 0.1) is 41.0 Å². The zero-order valence-corrected chi connectivity index (χ0v) is 12.7. The SMILES string of the molecule is CN1C(=O)CC2(CC[N-]CC2)CC1=O.[La]. The zero-order chi connectivity index (χ0) is 10.2. The first-order valence-corrected chi connectivity index (χ1v) is 5.06. The Morgan fingerprint density at radius 2 is 1.60 bits per heavy atom. The zero-order valence-electron chi connectivity index (χ0n) is 9.03. The predicted octanol–water partition coefficient (Wildman–Crippen LogP) is 0.919. The molecule has 2 fully saturated rings. The second-order valence-electron chi connectivity index (χ2n) is 4.37. The minimum Gasteiger partial charge on any atom is -0.662 e.